The lowest BCUT2D eigenvalue weighted by atomic mass is 10.1. The number of nitrogens with one attached hydrogen (secondary N) is 2. The van der Waals surface area contributed by atoms with Gasteiger partial charge in [-0.1, -0.05) is 0 Å². The molecule has 7 nitrogen and oxygen atoms in total. The van der Waals surface area contributed by atoms with E-state index in [9.17, 15) is 18.0 Å². The van der Waals surface area contributed by atoms with E-state index in [1.807, 2.05) is 0 Å². The number of nitrogens with zero attached hydrogens (tertiary/aromatic N) is 4. The van der Waals surface area contributed by atoms with Crippen LogP contribution in [0.5, 0.6) is 0 Å². The van der Waals surface area contributed by atoms with E-state index >= 15 is 0 Å². The van der Waals surface area contributed by atoms with Crippen molar-refractivity contribution in [3.63, 3.8) is 0 Å². The first-order chi connectivity index (χ1) is 12.3. The van der Waals surface area contributed by atoms with Gasteiger partial charge in [-0.15, -0.1) is 24.8 Å². The Labute approximate surface area is 172 Å². The van der Waals surface area contributed by atoms with Gasteiger partial charge in [-0.3, -0.25) is 14.4 Å². The molecule has 1 atom stereocenters. The van der Waals surface area contributed by atoms with Crippen LogP contribution in [0.3, 0.4) is 0 Å². The summed E-state index contributed by atoms with van der Waals surface area (Å²) in [6.07, 6.45) is -3.06. The molecule has 0 bridgehead atoms. The van der Waals surface area contributed by atoms with E-state index in [0.29, 0.717) is 42.9 Å². The number of carbonyl (C=O) groups excluding carboxylic acids is 1. The summed E-state index contributed by atoms with van der Waals surface area (Å²) in [5.41, 5.74) is 1.54. The Morgan fingerprint density at radius 2 is 1.96 bits per heavy atom. The van der Waals surface area contributed by atoms with Crippen LogP contribution in [-0.2, 0) is 7.05 Å². The summed E-state index contributed by atoms with van der Waals surface area (Å²) in [5.74, 6) is -0.577. The molecule has 3 heterocycles. The molecule has 1 aliphatic heterocycles. The highest BCUT2D eigenvalue weighted by Gasteiger charge is 2.43. The maximum atomic E-state index is 13.4. The van der Waals surface area contributed by atoms with Gasteiger partial charge >= 0.3 is 6.18 Å². The predicted octanol–water partition coefficient (Wildman–Crippen LogP) is 1.69. The molecule has 0 radical (unpaired) electrons. The molecule has 2 N–H and O–H groups in total. The van der Waals surface area contributed by atoms with Crippen LogP contribution in [0.4, 0.5) is 13.2 Å². The summed E-state index contributed by atoms with van der Waals surface area (Å²) in [7, 11) is 1.74. The van der Waals surface area contributed by atoms with Crippen LogP contribution in [-0.4, -0.2) is 70.5 Å². The fourth-order valence-corrected chi connectivity index (χ4v) is 3.17. The Morgan fingerprint density at radius 1 is 1.32 bits per heavy atom. The summed E-state index contributed by atoms with van der Waals surface area (Å²) in [5, 5.41) is 10.4. The van der Waals surface area contributed by atoms with E-state index in [0.717, 1.165) is 0 Å². The molecule has 1 aliphatic rings. The highest BCUT2D eigenvalue weighted by atomic mass is 35.5. The lowest BCUT2D eigenvalue weighted by molar-refractivity contribution is -0.183. The Morgan fingerprint density at radius 3 is 2.57 bits per heavy atom. The SMILES string of the molecule is Cc1nn(C)c2ncc(C(=O)NCC(N3CCNCC3)C(F)(F)F)cc12.Cl.Cl. The highest BCUT2D eigenvalue weighted by molar-refractivity contribution is 5.97. The summed E-state index contributed by atoms with van der Waals surface area (Å²) in [4.78, 5) is 17.9. The van der Waals surface area contributed by atoms with Gasteiger partial charge < -0.3 is 10.6 Å². The monoisotopic (exact) mass is 442 g/mol. The molecule has 1 unspecified atom stereocenters. The molecule has 2 aromatic heterocycles. The van der Waals surface area contributed by atoms with Crippen molar-refractivity contribution in [1.82, 2.24) is 30.3 Å². The first-order valence-corrected chi connectivity index (χ1v) is 8.36. The molecule has 12 heteroatoms. The van der Waals surface area contributed by atoms with Crippen molar-refractivity contribution in [2.75, 3.05) is 32.7 Å². The number of fused-ring (bicyclic) bond motifs is 1. The minimum Gasteiger partial charge on any atom is -0.350 e. The minimum atomic E-state index is -4.41. The first-order valence-electron chi connectivity index (χ1n) is 8.36. The second kappa shape index (κ2) is 9.73. The molecule has 1 amide bonds. The maximum Gasteiger partial charge on any atom is 0.405 e. The maximum absolute atomic E-state index is 13.4. The summed E-state index contributed by atoms with van der Waals surface area (Å²) >= 11 is 0. The third kappa shape index (κ3) is 5.25. The molecule has 1 fully saturated rings. The topological polar surface area (TPSA) is 75.1 Å². The number of pyridine rings is 1. The molecule has 2 aromatic rings. The van der Waals surface area contributed by atoms with Crippen LogP contribution < -0.4 is 10.6 Å². The van der Waals surface area contributed by atoms with Crippen molar-refractivity contribution in [3.8, 4) is 0 Å². The van der Waals surface area contributed by atoms with E-state index < -0.39 is 24.7 Å². The van der Waals surface area contributed by atoms with Gasteiger partial charge in [0.25, 0.3) is 5.91 Å². The van der Waals surface area contributed by atoms with E-state index in [4.69, 9.17) is 0 Å². The average molecular weight is 443 g/mol. The van der Waals surface area contributed by atoms with Crippen LogP contribution in [0.15, 0.2) is 12.3 Å². The van der Waals surface area contributed by atoms with E-state index in [-0.39, 0.29) is 30.4 Å². The molecule has 0 aromatic carbocycles. The quantitative estimate of drug-likeness (QED) is 0.753. The first kappa shape index (κ1) is 24.4. The van der Waals surface area contributed by atoms with Crippen LogP contribution in [0.25, 0.3) is 11.0 Å². The van der Waals surface area contributed by atoms with Crippen molar-refractivity contribution < 1.29 is 18.0 Å². The predicted molar refractivity (Wildman–Crippen MR) is 104 cm³/mol. The van der Waals surface area contributed by atoms with Gasteiger partial charge in [0.2, 0.25) is 0 Å². The number of hydrogen-bond acceptors (Lipinski definition) is 5. The molecule has 1 saturated heterocycles. The van der Waals surface area contributed by atoms with Crippen LogP contribution in [0.2, 0.25) is 0 Å². The lowest BCUT2D eigenvalue weighted by Crippen LogP contribution is -2.57. The number of rotatable bonds is 4. The number of hydrogen-bond donors (Lipinski definition) is 2. The molecule has 3 rings (SSSR count). The second-order valence-electron chi connectivity index (χ2n) is 6.36. The molecule has 0 spiro atoms. The minimum absolute atomic E-state index is 0. The molecular formula is C16H23Cl2F3N6O. The molecular weight excluding hydrogens is 420 g/mol. The van der Waals surface area contributed by atoms with Crippen molar-refractivity contribution in [2.45, 2.75) is 19.1 Å². The van der Waals surface area contributed by atoms with E-state index in [1.54, 1.807) is 24.7 Å². The fourth-order valence-electron chi connectivity index (χ4n) is 3.17. The zero-order chi connectivity index (χ0) is 18.9. The van der Waals surface area contributed by atoms with Crippen molar-refractivity contribution in [1.29, 1.82) is 0 Å². The van der Waals surface area contributed by atoms with Gasteiger partial charge in [-0.05, 0) is 13.0 Å². The van der Waals surface area contributed by atoms with Gasteiger partial charge in [-0.2, -0.15) is 18.3 Å². The van der Waals surface area contributed by atoms with Gasteiger partial charge in [0.1, 0.15) is 6.04 Å². The highest BCUT2D eigenvalue weighted by Crippen LogP contribution is 2.25. The number of alkyl halides is 3. The summed E-state index contributed by atoms with van der Waals surface area (Å²) in [6, 6.07) is -0.0988. The van der Waals surface area contributed by atoms with Gasteiger partial charge in [-0.25, -0.2) is 4.98 Å². The zero-order valence-electron chi connectivity index (χ0n) is 15.4. The Hall–Kier alpha value is -1.62. The van der Waals surface area contributed by atoms with E-state index in [2.05, 4.69) is 20.7 Å². The smallest absolute Gasteiger partial charge is 0.350 e. The van der Waals surface area contributed by atoms with Crippen LogP contribution >= 0.6 is 24.8 Å². The zero-order valence-corrected chi connectivity index (χ0v) is 17.0. The Balaban J connectivity index is 0.00000196. The van der Waals surface area contributed by atoms with Crippen molar-refractivity contribution in [3.05, 3.63) is 23.5 Å². The third-order valence-corrected chi connectivity index (χ3v) is 4.55. The van der Waals surface area contributed by atoms with Crippen molar-refractivity contribution in [2.24, 2.45) is 7.05 Å². The lowest BCUT2D eigenvalue weighted by Gasteiger charge is -2.35. The van der Waals surface area contributed by atoms with Crippen LogP contribution in [0.1, 0.15) is 16.1 Å². The number of amides is 1. The summed E-state index contributed by atoms with van der Waals surface area (Å²) < 4.78 is 41.7. The van der Waals surface area contributed by atoms with Gasteiger partial charge in [0.05, 0.1) is 11.3 Å². The molecule has 28 heavy (non-hydrogen) atoms. The molecule has 158 valence electrons. The summed E-state index contributed by atoms with van der Waals surface area (Å²) in [6.45, 7) is 2.88. The molecule has 0 aliphatic carbocycles. The van der Waals surface area contributed by atoms with Crippen molar-refractivity contribution >= 4 is 41.8 Å². The Kier molecular flexibility index (Phi) is 8.48. The molecule has 0 saturated carbocycles. The normalized spacial score (nSPS) is 16.2. The largest absolute Gasteiger partial charge is 0.405 e. The standard InChI is InChI=1S/C16H21F3N6O.2ClH/c1-10-12-7-11(8-21-14(12)24(2)23-10)15(26)22-9-13(16(17,18)19)25-5-3-20-4-6-25;;/h7-8,13,20H,3-6,9H2,1-2H3,(H,22,26);2*1H. The van der Waals surface area contributed by atoms with Gasteiger partial charge in [0.15, 0.2) is 5.65 Å². The van der Waals surface area contributed by atoms with Gasteiger partial charge in [0, 0.05) is 51.4 Å². The second-order valence-corrected chi connectivity index (χ2v) is 6.36. The number of carbonyl (C=O) groups is 1. The number of aryl methyl sites for hydroxylation is 2. The number of halogens is 5. The average Bonchev–Trinajstić information content (AvgIpc) is 2.88. The fraction of sp³-hybridized carbons (Fsp3) is 0.562. The van der Waals surface area contributed by atoms with Crippen LogP contribution in [0, 0.1) is 6.92 Å². The third-order valence-electron chi connectivity index (χ3n) is 4.55. The number of piperazine rings is 1. The number of aromatic nitrogens is 3. The van der Waals surface area contributed by atoms with E-state index in [1.165, 1.54) is 11.1 Å². The Bertz CT molecular complexity index is 808.